The number of aromatic nitrogens is 3. The molecule has 1 aromatic rings. The first-order valence-electron chi connectivity index (χ1n) is 3.91. The molecule has 0 bridgehead atoms. The SMILES string of the molecule is CN(C)CCN(N)c1n[nH]c(=O)[nH]1. The van der Waals surface area contributed by atoms with E-state index in [2.05, 4.69) is 15.2 Å². The fourth-order valence-corrected chi connectivity index (χ4v) is 0.811. The Balaban J connectivity index is 2.48. The molecule has 0 unspecified atom stereocenters. The van der Waals surface area contributed by atoms with Crippen LogP contribution in [0.1, 0.15) is 0 Å². The number of nitrogens with two attached hydrogens (primary N) is 1. The first-order chi connectivity index (χ1) is 6.09. The van der Waals surface area contributed by atoms with Gasteiger partial charge in [0.1, 0.15) is 0 Å². The van der Waals surface area contributed by atoms with Gasteiger partial charge in [-0.3, -0.25) is 9.99 Å². The van der Waals surface area contributed by atoms with E-state index in [0.29, 0.717) is 12.5 Å². The summed E-state index contributed by atoms with van der Waals surface area (Å²) in [6, 6.07) is 0. The molecule has 4 N–H and O–H groups in total. The lowest BCUT2D eigenvalue weighted by atomic mass is 10.5. The summed E-state index contributed by atoms with van der Waals surface area (Å²) in [5, 5.41) is 7.31. The zero-order valence-corrected chi connectivity index (χ0v) is 7.74. The summed E-state index contributed by atoms with van der Waals surface area (Å²) in [6.45, 7) is 1.40. The van der Waals surface area contributed by atoms with E-state index in [1.807, 2.05) is 19.0 Å². The topological polar surface area (TPSA) is 94.0 Å². The number of aromatic amines is 2. The molecule has 13 heavy (non-hydrogen) atoms. The second-order valence-electron chi connectivity index (χ2n) is 3.00. The maximum atomic E-state index is 10.7. The van der Waals surface area contributed by atoms with Crippen LogP contribution in [0.15, 0.2) is 4.79 Å². The van der Waals surface area contributed by atoms with Crippen LogP contribution in [0, 0.1) is 0 Å². The fraction of sp³-hybridized carbons (Fsp3) is 0.667. The van der Waals surface area contributed by atoms with Crippen LogP contribution in [-0.4, -0.2) is 47.3 Å². The van der Waals surface area contributed by atoms with Crippen molar-refractivity contribution in [2.24, 2.45) is 5.84 Å². The predicted octanol–water partition coefficient (Wildman–Crippen LogP) is -1.66. The summed E-state index contributed by atoms with van der Waals surface area (Å²) in [6.07, 6.45) is 0. The third-order valence-corrected chi connectivity index (χ3v) is 1.55. The Bertz CT molecular complexity index is 302. The molecule has 0 amide bonds. The van der Waals surface area contributed by atoms with Gasteiger partial charge < -0.3 is 4.90 Å². The molecular weight excluding hydrogens is 172 g/mol. The Kier molecular flexibility index (Phi) is 3.04. The lowest BCUT2D eigenvalue weighted by Crippen LogP contribution is -2.38. The van der Waals surface area contributed by atoms with Crippen molar-refractivity contribution in [1.82, 2.24) is 20.1 Å². The summed E-state index contributed by atoms with van der Waals surface area (Å²) in [4.78, 5) is 15.1. The monoisotopic (exact) mass is 186 g/mol. The summed E-state index contributed by atoms with van der Waals surface area (Å²) in [5.41, 5.74) is -0.352. The zero-order chi connectivity index (χ0) is 9.84. The Labute approximate surface area is 75.5 Å². The number of anilines is 1. The molecular formula is C6H14N6O. The largest absolute Gasteiger partial charge is 0.342 e. The van der Waals surface area contributed by atoms with Crippen molar-refractivity contribution in [2.75, 3.05) is 32.2 Å². The zero-order valence-electron chi connectivity index (χ0n) is 7.74. The van der Waals surface area contributed by atoms with E-state index in [4.69, 9.17) is 5.84 Å². The Morgan fingerprint density at radius 3 is 2.62 bits per heavy atom. The van der Waals surface area contributed by atoms with Gasteiger partial charge >= 0.3 is 5.69 Å². The number of rotatable bonds is 4. The van der Waals surface area contributed by atoms with Crippen LogP contribution in [0.3, 0.4) is 0 Å². The number of hydrogen-bond acceptors (Lipinski definition) is 5. The minimum Gasteiger partial charge on any atom is -0.308 e. The normalized spacial score (nSPS) is 10.8. The minimum atomic E-state index is -0.352. The first-order valence-corrected chi connectivity index (χ1v) is 3.91. The van der Waals surface area contributed by atoms with Crippen LogP contribution < -0.4 is 16.5 Å². The molecule has 0 atom stereocenters. The molecule has 1 aromatic heterocycles. The number of H-pyrrole nitrogens is 2. The molecule has 0 aliphatic carbocycles. The lowest BCUT2D eigenvalue weighted by molar-refractivity contribution is 0.413. The highest BCUT2D eigenvalue weighted by Gasteiger charge is 2.04. The fourth-order valence-electron chi connectivity index (χ4n) is 0.811. The van der Waals surface area contributed by atoms with Gasteiger partial charge in [0.25, 0.3) is 0 Å². The number of likely N-dealkylation sites (N-methyl/N-ethyl adjacent to an activating group) is 1. The Morgan fingerprint density at radius 2 is 2.15 bits per heavy atom. The maximum Gasteiger partial charge on any atom is 0.342 e. The van der Waals surface area contributed by atoms with Crippen molar-refractivity contribution in [1.29, 1.82) is 0 Å². The second-order valence-corrected chi connectivity index (χ2v) is 3.00. The van der Waals surface area contributed by atoms with Crippen molar-refractivity contribution in [3.63, 3.8) is 0 Å². The third-order valence-electron chi connectivity index (χ3n) is 1.55. The van der Waals surface area contributed by atoms with Gasteiger partial charge in [-0.25, -0.2) is 15.7 Å². The van der Waals surface area contributed by atoms with Crippen molar-refractivity contribution in [3.8, 4) is 0 Å². The molecule has 1 heterocycles. The number of hydrazine groups is 1. The van der Waals surface area contributed by atoms with Crippen molar-refractivity contribution >= 4 is 5.95 Å². The lowest BCUT2D eigenvalue weighted by Gasteiger charge is -2.17. The predicted molar refractivity (Wildman–Crippen MR) is 49.3 cm³/mol. The minimum absolute atomic E-state index is 0.352. The van der Waals surface area contributed by atoms with Gasteiger partial charge in [-0.1, -0.05) is 0 Å². The highest BCUT2D eigenvalue weighted by Crippen LogP contribution is 1.94. The highest BCUT2D eigenvalue weighted by molar-refractivity contribution is 5.23. The molecule has 1 rings (SSSR count). The molecule has 0 fully saturated rings. The molecule has 7 heteroatoms. The Morgan fingerprint density at radius 1 is 1.46 bits per heavy atom. The van der Waals surface area contributed by atoms with Crippen LogP contribution in [0.25, 0.3) is 0 Å². The average molecular weight is 186 g/mol. The molecule has 7 nitrogen and oxygen atoms in total. The van der Waals surface area contributed by atoms with E-state index in [9.17, 15) is 4.79 Å². The van der Waals surface area contributed by atoms with E-state index in [0.717, 1.165) is 6.54 Å². The van der Waals surface area contributed by atoms with E-state index >= 15 is 0 Å². The molecule has 0 aromatic carbocycles. The van der Waals surface area contributed by atoms with Gasteiger partial charge in [0.15, 0.2) is 0 Å². The van der Waals surface area contributed by atoms with Gasteiger partial charge in [0.2, 0.25) is 5.95 Å². The number of nitrogens with one attached hydrogen (secondary N) is 2. The highest BCUT2D eigenvalue weighted by atomic mass is 16.1. The molecule has 0 spiro atoms. The van der Waals surface area contributed by atoms with Gasteiger partial charge in [-0.15, -0.1) is 5.10 Å². The van der Waals surface area contributed by atoms with Crippen molar-refractivity contribution in [3.05, 3.63) is 10.5 Å². The summed E-state index contributed by atoms with van der Waals surface area (Å²) >= 11 is 0. The van der Waals surface area contributed by atoms with Gasteiger partial charge in [-0.2, -0.15) is 0 Å². The number of nitrogens with zero attached hydrogens (tertiary/aromatic N) is 3. The second kappa shape index (κ2) is 4.06. The standard InChI is InChI=1S/C6H14N6O/c1-11(2)3-4-12(7)5-8-6(13)10-9-5/h3-4,7H2,1-2H3,(H2,8,9,10,13). The van der Waals surface area contributed by atoms with Crippen LogP contribution in [0.4, 0.5) is 5.95 Å². The summed E-state index contributed by atoms with van der Waals surface area (Å²) in [7, 11) is 3.89. The van der Waals surface area contributed by atoms with Crippen LogP contribution in [0.5, 0.6) is 0 Å². The van der Waals surface area contributed by atoms with Gasteiger partial charge in [0.05, 0.1) is 0 Å². The molecule has 0 saturated carbocycles. The maximum absolute atomic E-state index is 10.7. The molecule has 74 valence electrons. The first kappa shape index (κ1) is 9.75. The molecule has 0 radical (unpaired) electrons. The van der Waals surface area contributed by atoms with Gasteiger partial charge in [0, 0.05) is 13.1 Å². The summed E-state index contributed by atoms with van der Waals surface area (Å²) < 4.78 is 0. The van der Waals surface area contributed by atoms with E-state index in [1.54, 1.807) is 0 Å². The smallest absolute Gasteiger partial charge is 0.308 e. The quantitative estimate of drug-likeness (QED) is 0.386. The van der Waals surface area contributed by atoms with Gasteiger partial charge in [-0.05, 0) is 14.1 Å². The average Bonchev–Trinajstić information content (AvgIpc) is 2.47. The number of hydrogen-bond donors (Lipinski definition) is 3. The molecule has 0 saturated heterocycles. The van der Waals surface area contributed by atoms with Crippen LogP contribution >= 0.6 is 0 Å². The molecule has 0 aliphatic rings. The van der Waals surface area contributed by atoms with Crippen molar-refractivity contribution in [2.45, 2.75) is 0 Å². The van der Waals surface area contributed by atoms with E-state index in [1.165, 1.54) is 5.01 Å². The van der Waals surface area contributed by atoms with E-state index in [-0.39, 0.29) is 5.69 Å². The summed E-state index contributed by atoms with van der Waals surface area (Å²) in [5.74, 6) is 5.96. The van der Waals surface area contributed by atoms with E-state index < -0.39 is 0 Å². The van der Waals surface area contributed by atoms with Crippen LogP contribution in [0.2, 0.25) is 0 Å². The van der Waals surface area contributed by atoms with Crippen molar-refractivity contribution < 1.29 is 0 Å². The molecule has 0 aliphatic heterocycles. The third kappa shape index (κ3) is 2.88. The Hall–Kier alpha value is -1.34. The van der Waals surface area contributed by atoms with Crippen LogP contribution in [-0.2, 0) is 0 Å².